The van der Waals surface area contributed by atoms with E-state index < -0.39 is 28.2 Å². The Morgan fingerprint density at radius 1 is 1.12 bits per heavy atom. The maximum Gasteiger partial charge on any atom is 0.523 e. The van der Waals surface area contributed by atoms with Crippen molar-refractivity contribution in [3.63, 3.8) is 0 Å². The SMILES string of the molecule is CC[Si](CC)(CC)c1cc(C)nc(C)c1C(Cl)(Cl)OS(=O)(=O)C(F)(F)F. The molecule has 26 heavy (non-hydrogen) atoms. The zero-order valence-electron chi connectivity index (χ0n) is 15.2. The summed E-state index contributed by atoms with van der Waals surface area (Å²) in [5.74, 6) is 0. The van der Waals surface area contributed by atoms with Crippen LogP contribution in [0, 0.1) is 13.8 Å². The van der Waals surface area contributed by atoms with Crippen molar-refractivity contribution in [1.29, 1.82) is 0 Å². The lowest BCUT2D eigenvalue weighted by Crippen LogP contribution is -2.50. The first-order valence-electron chi connectivity index (χ1n) is 8.06. The lowest BCUT2D eigenvalue weighted by molar-refractivity contribution is -0.0565. The van der Waals surface area contributed by atoms with E-state index in [2.05, 4.69) is 9.17 Å². The molecule has 0 N–H and O–H groups in total. The van der Waals surface area contributed by atoms with Gasteiger partial charge < -0.3 is 0 Å². The fraction of sp³-hybridized carbons (Fsp3) is 0.667. The van der Waals surface area contributed by atoms with Gasteiger partial charge in [-0.3, -0.25) is 4.98 Å². The zero-order chi connectivity index (χ0) is 20.6. The molecule has 0 bridgehead atoms. The van der Waals surface area contributed by atoms with Gasteiger partial charge in [0.15, 0.2) is 0 Å². The molecule has 0 aromatic carbocycles. The van der Waals surface area contributed by atoms with Gasteiger partial charge >= 0.3 is 15.6 Å². The number of alkyl halides is 5. The summed E-state index contributed by atoms with van der Waals surface area (Å²) in [5, 5.41) is 0.678. The van der Waals surface area contributed by atoms with E-state index in [4.69, 9.17) is 23.2 Å². The van der Waals surface area contributed by atoms with Crippen LogP contribution in [0.2, 0.25) is 18.1 Å². The monoisotopic (exact) mass is 451 g/mol. The van der Waals surface area contributed by atoms with Crippen LogP contribution in [-0.4, -0.2) is 27.0 Å². The van der Waals surface area contributed by atoms with Crippen molar-refractivity contribution in [3.05, 3.63) is 23.0 Å². The second-order valence-corrected chi connectivity index (χ2v) is 14.1. The molecule has 0 spiro atoms. The molecule has 4 nitrogen and oxygen atoms in total. The van der Waals surface area contributed by atoms with E-state index in [0.717, 1.165) is 18.1 Å². The van der Waals surface area contributed by atoms with Gasteiger partial charge in [-0.25, -0.2) is 4.18 Å². The minimum atomic E-state index is -5.99. The molecule has 0 aliphatic rings. The van der Waals surface area contributed by atoms with E-state index in [1.807, 2.05) is 20.8 Å². The largest absolute Gasteiger partial charge is 0.523 e. The molecule has 1 aromatic heterocycles. The van der Waals surface area contributed by atoms with Crippen molar-refractivity contribution in [3.8, 4) is 0 Å². The minimum Gasteiger partial charge on any atom is -0.258 e. The lowest BCUT2D eigenvalue weighted by atomic mass is 10.2. The van der Waals surface area contributed by atoms with Crippen molar-refractivity contribution >= 4 is 46.6 Å². The Balaban J connectivity index is 3.72. The summed E-state index contributed by atoms with van der Waals surface area (Å²) < 4.78 is 62.6. The lowest BCUT2D eigenvalue weighted by Gasteiger charge is -2.34. The summed E-state index contributed by atoms with van der Waals surface area (Å²) in [6, 6.07) is 4.08. The molecule has 1 aromatic rings. The summed E-state index contributed by atoms with van der Waals surface area (Å²) in [5.41, 5.74) is -4.74. The Morgan fingerprint density at radius 2 is 1.58 bits per heavy atom. The standard InChI is InChI=1S/C15H22Cl2F3NO3SSi/c1-6-26(7-2,8-3)12-9-10(4)21-11(5)13(12)14(16,17)24-25(22,23)15(18,19)20/h9H,6-8H2,1-5H3. The molecule has 0 saturated heterocycles. The fourth-order valence-electron chi connectivity index (χ4n) is 3.16. The predicted molar refractivity (Wildman–Crippen MR) is 100.0 cm³/mol. The van der Waals surface area contributed by atoms with Crippen molar-refractivity contribution in [2.24, 2.45) is 0 Å². The fourth-order valence-corrected chi connectivity index (χ4v) is 8.79. The van der Waals surface area contributed by atoms with E-state index >= 15 is 0 Å². The molecule has 11 heteroatoms. The first-order chi connectivity index (χ1) is 11.7. The van der Waals surface area contributed by atoms with Gasteiger partial charge in [0.05, 0.1) is 8.07 Å². The molecule has 0 radical (unpaired) electrons. The molecule has 0 unspecified atom stereocenters. The average molecular weight is 452 g/mol. The molecule has 0 saturated carbocycles. The van der Waals surface area contributed by atoms with Crippen molar-refractivity contribution < 1.29 is 25.8 Å². The van der Waals surface area contributed by atoms with Crippen LogP contribution in [0.25, 0.3) is 0 Å². The smallest absolute Gasteiger partial charge is 0.258 e. The highest BCUT2D eigenvalue weighted by Crippen LogP contribution is 2.42. The Bertz CT molecular complexity index is 758. The number of pyridine rings is 1. The first-order valence-corrected chi connectivity index (χ1v) is 12.8. The van der Waals surface area contributed by atoms with Gasteiger partial charge in [0.1, 0.15) is 0 Å². The van der Waals surface area contributed by atoms with E-state index in [9.17, 15) is 21.6 Å². The predicted octanol–water partition coefficient (Wildman–Crippen LogP) is 4.87. The molecule has 0 fully saturated rings. The number of hydrogen-bond donors (Lipinski definition) is 0. The van der Waals surface area contributed by atoms with Gasteiger partial charge in [-0.15, -0.1) is 0 Å². The highest BCUT2D eigenvalue weighted by molar-refractivity contribution is 7.87. The van der Waals surface area contributed by atoms with E-state index in [-0.39, 0.29) is 11.3 Å². The number of nitrogens with zero attached hydrogens (tertiary/aromatic N) is 1. The van der Waals surface area contributed by atoms with Crippen molar-refractivity contribution in [1.82, 2.24) is 4.98 Å². The Kier molecular flexibility index (Phi) is 7.24. The molecule has 150 valence electrons. The molecule has 0 atom stereocenters. The number of aryl methyl sites for hydroxylation is 2. The zero-order valence-corrected chi connectivity index (χ0v) is 18.5. The quantitative estimate of drug-likeness (QED) is 0.256. The summed E-state index contributed by atoms with van der Waals surface area (Å²) in [6.07, 6.45) is 0. The van der Waals surface area contributed by atoms with E-state index in [1.54, 1.807) is 13.0 Å². The number of aromatic nitrogens is 1. The van der Waals surface area contributed by atoms with Crippen LogP contribution < -0.4 is 5.19 Å². The van der Waals surface area contributed by atoms with E-state index in [1.165, 1.54) is 6.92 Å². The summed E-state index contributed by atoms with van der Waals surface area (Å²) in [6.45, 7) is 9.25. The van der Waals surface area contributed by atoms with Crippen molar-refractivity contribution in [2.45, 2.75) is 62.8 Å². The number of rotatable bonds is 7. The molecule has 1 rings (SSSR count). The topological polar surface area (TPSA) is 56.3 Å². The van der Waals surface area contributed by atoms with E-state index in [0.29, 0.717) is 10.9 Å². The van der Waals surface area contributed by atoms with Crippen LogP contribution in [-0.2, 0) is 18.8 Å². The maximum absolute atomic E-state index is 12.7. The van der Waals surface area contributed by atoms with Gasteiger partial charge in [0, 0.05) is 17.0 Å². The highest BCUT2D eigenvalue weighted by atomic mass is 35.5. The van der Waals surface area contributed by atoms with Crippen LogP contribution in [0.15, 0.2) is 6.07 Å². The van der Waals surface area contributed by atoms with Crippen molar-refractivity contribution in [2.75, 3.05) is 0 Å². The van der Waals surface area contributed by atoms with Crippen LogP contribution in [0.3, 0.4) is 0 Å². The third-order valence-corrected chi connectivity index (χ3v) is 12.1. The summed E-state index contributed by atoms with van der Waals surface area (Å²) in [7, 11) is -8.19. The second-order valence-electron chi connectivity index (χ2n) is 6.11. The first kappa shape index (κ1) is 23.7. The van der Waals surface area contributed by atoms with Crippen LogP contribution in [0.1, 0.15) is 37.7 Å². The second kappa shape index (κ2) is 7.95. The molecule has 0 aliphatic heterocycles. The van der Waals surface area contributed by atoms with Gasteiger partial charge in [-0.2, -0.15) is 21.6 Å². The van der Waals surface area contributed by atoms with Gasteiger partial charge in [-0.05, 0) is 25.1 Å². The third kappa shape index (κ3) is 4.55. The van der Waals surface area contributed by atoms with Crippen LogP contribution in [0.4, 0.5) is 13.2 Å². The Hall–Kier alpha value is -0.353. The molecular formula is C15H22Cl2F3NO3SSi. The van der Waals surface area contributed by atoms with Crippen LogP contribution >= 0.6 is 23.2 Å². The minimum absolute atomic E-state index is 0.00326. The highest BCUT2D eigenvalue weighted by Gasteiger charge is 2.53. The molecule has 1 heterocycles. The maximum atomic E-state index is 12.7. The number of hydrogen-bond acceptors (Lipinski definition) is 4. The average Bonchev–Trinajstić information content (AvgIpc) is 2.46. The normalized spacial score (nSPS) is 13.9. The molecule has 0 amide bonds. The Morgan fingerprint density at radius 3 is 1.96 bits per heavy atom. The summed E-state index contributed by atoms with van der Waals surface area (Å²) in [4.78, 5) is 4.21. The van der Waals surface area contributed by atoms with Crippen LogP contribution in [0.5, 0.6) is 0 Å². The van der Waals surface area contributed by atoms with Gasteiger partial charge in [0.25, 0.3) is 4.52 Å². The van der Waals surface area contributed by atoms with Gasteiger partial charge in [-0.1, -0.05) is 62.1 Å². The Labute approximate surface area is 163 Å². The molecule has 0 aliphatic carbocycles. The molecular weight excluding hydrogens is 430 g/mol. The van der Waals surface area contributed by atoms with Gasteiger partial charge in [0.2, 0.25) is 0 Å². The summed E-state index contributed by atoms with van der Waals surface area (Å²) >= 11 is 12.1. The third-order valence-electron chi connectivity index (χ3n) is 4.72. The number of halogens is 5.